The summed E-state index contributed by atoms with van der Waals surface area (Å²) in [6.45, 7) is 6.89. The van der Waals surface area contributed by atoms with Gasteiger partial charge >= 0.3 is 0 Å². The number of aromatic nitrogens is 4. The molecule has 0 aliphatic heterocycles. The van der Waals surface area contributed by atoms with E-state index < -0.39 is 0 Å². The van der Waals surface area contributed by atoms with E-state index in [1.807, 2.05) is 31.3 Å². The summed E-state index contributed by atoms with van der Waals surface area (Å²) in [5.41, 5.74) is 5.36. The van der Waals surface area contributed by atoms with Crippen molar-refractivity contribution in [1.29, 1.82) is 0 Å². The van der Waals surface area contributed by atoms with Gasteiger partial charge in [-0.3, -0.25) is 0 Å². The lowest BCUT2D eigenvalue weighted by molar-refractivity contribution is 0.271. The number of aliphatic hydroxyl groups is 1. The van der Waals surface area contributed by atoms with Crippen molar-refractivity contribution in [2.24, 2.45) is 0 Å². The molecule has 0 aliphatic carbocycles. The number of aliphatic hydroxyl groups excluding tert-OH is 1. The Hall–Kier alpha value is -3.45. The van der Waals surface area contributed by atoms with Crippen molar-refractivity contribution in [3.05, 3.63) is 71.9 Å². The van der Waals surface area contributed by atoms with E-state index >= 15 is 0 Å². The van der Waals surface area contributed by atoms with Crippen LogP contribution in [0.1, 0.15) is 44.2 Å². The number of hydrogen-bond acceptors (Lipinski definition) is 6. The fourth-order valence-corrected chi connectivity index (χ4v) is 3.57. The second-order valence-corrected chi connectivity index (χ2v) is 8.21. The fourth-order valence-electron chi connectivity index (χ4n) is 3.57. The Kier molecular flexibility index (Phi) is 6.66. The summed E-state index contributed by atoms with van der Waals surface area (Å²) >= 11 is 0. The molecule has 0 aliphatic rings. The van der Waals surface area contributed by atoms with Gasteiger partial charge in [0.1, 0.15) is 0 Å². The lowest BCUT2D eigenvalue weighted by Crippen LogP contribution is -2.24. The van der Waals surface area contributed by atoms with Crippen LogP contribution in [0.25, 0.3) is 16.8 Å². The molecule has 1 atom stereocenters. The Bertz CT molecular complexity index is 1150. The largest absolute Gasteiger partial charge is 0.394 e. The van der Waals surface area contributed by atoms with Gasteiger partial charge in [0.15, 0.2) is 5.65 Å². The molecule has 2 aromatic carbocycles. The average molecular weight is 431 g/mol. The van der Waals surface area contributed by atoms with Crippen LogP contribution in [-0.2, 0) is 6.54 Å². The Balaban J connectivity index is 1.58. The highest BCUT2D eigenvalue weighted by Crippen LogP contribution is 2.23. The minimum atomic E-state index is -0.0961. The minimum Gasteiger partial charge on any atom is -0.394 e. The van der Waals surface area contributed by atoms with Gasteiger partial charge < -0.3 is 15.7 Å². The molecule has 2 aromatic heterocycles. The highest BCUT2D eigenvalue weighted by atomic mass is 16.3. The van der Waals surface area contributed by atoms with Gasteiger partial charge in [-0.1, -0.05) is 75.4 Å². The quantitative estimate of drug-likeness (QED) is 0.356. The second-order valence-electron chi connectivity index (χ2n) is 8.21. The van der Waals surface area contributed by atoms with E-state index in [1.165, 1.54) is 11.1 Å². The van der Waals surface area contributed by atoms with Gasteiger partial charge in [-0.15, -0.1) is 0 Å². The average Bonchev–Trinajstić information content (AvgIpc) is 3.26. The summed E-state index contributed by atoms with van der Waals surface area (Å²) in [5, 5.41) is 20.7. The predicted molar refractivity (Wildman–Crippen MR) is 129 cm³/mol. The van der Waals surface area contributed by atoms with Crippen molar-refractivity contribution in [2.75, 3.05) is 17.2 Å². The van der Waals surface area contributed by atoms with E-state index in [2.05, 4.69) is 75.9 Å². The molecule has 0 amide bonds. The normalized spacial score (nSPS) is 12.3. The van der Waals surface area contributed by atoms with E-state index in [0.29, 0.717) is 18.4 Å². The molecule has 0 saturated carbocycles. The zero-order chi connectivity index (χ0) is 22.5. The Morgan fingerprint density at radius 1 is 0.969 bits per heavy atom. The molecule has 0 radical (unpaired) electrons. The molecule has 7 nitrogen and oxygen atoms in total. The summed E-state index contributed by atoms with van der Waals surface area (Å²) in [4.78, 5) is 9.33. The van der Waals surface area contributed by atoms with Gasteiger partial charge in [0.25, 0.3) is 0 Å². The van der Waals surface area contributed by atoms with Crippen molar-refractivity contribution in [3.63, 3.8) is 0 Å². The third-order valence-corrected chi connectivity index (χ3v) is 5.58. The summed E-state index contributed by atoms with van der Waals surface area (Å²) in [6.07, 6.45) is 2.62. The maximum Gasteiger partial charge on any atom is 0.229 e. The summed E-state index contributed by atoms with van der Waals surface area (Å²) in [7, 11) is 0. The Labute approximate surface area is 188 Å². The number of benzene rings is 2. The van der Waals surface area contributed by atoms with Crippen LogP contribution in [0, 0.1) is 0 Å². The molecular formula is C25H30N6O. The maximum absolute atomic E-state index is 9.58. The molecule has 32 heavy (non-hydrogen) atoms. The van der Waals surface area contributed by atoms with Gasteiger partial charge in [-0.05, 0) is 29.0 Å². The highest BCUT2D eigenvalue weighted by Gasteiger charge is 2.16. The summed E-state index contributed by atoms with van der Waals surface area (Å²) < 4.78 is 1.75. The van der Waals surface area contributed by atoms with Gasteiger partial charge in [0.05, 0.1) is 18.8 Å². The number of nitrogens with zero attached hydrogens (tertiary/aromatic N) is 4. The van der Waals surface area contributed by atoms with Gasteiger partial charge in [-0.2, -0.15) is 19.6 Å². The SMILES string of the molecule is CC[C@H](CO)Nc1nc(NCc2ccc(-c3ccccc3)cc2)n2ncc(C(C)C)c2n1. The minimum absolute atomic E-state index is 0.0257. The Morgan fingerprint density at radius 3 is 2.34 bits per heavy atom. The standard InChI is InChI=1S/C25H30N6O/c1-4-21(16-32)28-24-29-23-22(17(2)3)15-27-31(23)25(30-24)26-14-18-10-12-20(13-11-18)19-8-6-5-7-9-19/h5-13,15,17,21,32H,4,14,16H2,1-3H3,(H2,26,28,29,30)/t21-/m1/s1. The molecule has 7 heteroatoms. The first-order valence-electron chi connectivity index (χ1n) is 11.1. The third-order valence-electron chi connectivity index (χ3n) is 5.58. The second kappa shape index (κ2) is 9.78. The molecule has 0 saturated heterocycles. The monoisotopic (exact) mass is 430 g/mol. The zero-order valence-corrected chi connectivity index (χ0v) is 18.8. The van der Waals surface area contributed by atoms with Gasteiger partial charge in [0, 0.05) is 12.1 Å². The molecule has 4 rings (SSSR count). The smallest absolute Gasteiger partial charge is 0.229 e. The molecule has 3 N–H and O–H groups in total. The lowest BCUT2D eigenvalue weighted by Gasteiger charge is -2.16. The predicted octanol–water partition coefficient (Wildman–Crippen LogP) is 4.71. The first kappa shape index (κ1) is 21.8. The van der Waals surface area contributed by atoms with Gasteiger partial charge in [0.2, 0.25) is 11.9 Å². The van der Waals surface area contributed by atoms with E-state index in [-0.39, 0.29) is 18.6 Å². The van der Waals surface area contributed by atoms with Gasteiger partial charge in [-0.25, -0.2) is 0 Å². The zero-order valence-electron chi connectivity index (χ0n) is 18.8. The van der Waals surface area contributed by atoms with E-state index in [0.717, 1.165) is 23.2 Å². The molecule has 2 heterocycles. The highest BCUT2D eigenvalue weighted by molar-refractivity contribution is 5.63. The van der Waals surface area contributed by atoms with Crippen molar-refractivity contribution in [1.82, 2.24) is 19.6 Å². The first-order valence-corrected chi connectivity index (χ1v) is 11.1. The Morgan fingerprint density at radius 2 is 1.69 bits per heavy atom. The van der Waals surface area contributed by atoms with Crippen LogP contribution in [0.3, 0.4) is 0 Å². The van der Waals surface area contributed by atoms with Crippen LogP contribution in [0.4, 0.5) is 11.9 Å². The first-order chi connectivity index (χ1) is 15.6. The lowest BCUT2D eigenvalue weighted by atomic mass is 10.0. The summed E-state index contributed by atoms with van der Waals surface area (Å²) in [5.74, 6) is 1.39. The third kappa shape index (κ3) is 4.73. The maximum atomic E-state index is 9.58. The number of hydrogen-bond donors (Lipinski definition) is 3. The van der Waals surface area contributed by atoms with Crippen LogP contribution in [0.5, 0.6) is 0 Å². The van der Waals surface area contributed by atoms with Crippen LogP contribution in [0.2, 0.25) is 0 Å². The van der Waals surface area contributed by atoms with Crippen molar-refractivity contribution >= 4 is 17.5 Å². The fraction of sp³-hybridized carbons (Fsp3) is 0.320. The molecule has 0 unspecified atom stereocenters. The van der Waals surface area contributed by atoms with E-state index in [4.69, 9.17) is 0 Å². The molecule has 0 fully saturated rings. The number of nitrogens with one attached hydrogen (secondary N) is 2. The topological polar surface area (TPSA) is 87.4 Å². The van der Waals surface area contributed by atoms with Crippen molar-refractivity contribution in [2.45, 2.75) is 45.7 Å². The molecule has 4 aromatic rings. The van der Waals surface area contributed by atoms with Crippen LogP contribution < -0.4 is 10.6 Å². The van der Waals surface area contributed by atoms with Crippen LogP contribution in [0.15, 0.2) is 60.8 Å². The molecule has 0 bridgehead atoms. The van der Waals surface area contributed by atoms with Crippen LogP contribution >= 0.6 is 0 Å². The number of rotatable bonds is 9. The van der Waals surface area contributed by atoms with E-state index in [1.54, 1.807) is 4.52 Å². The van der Waals surface area contributed by atoms with Crippen molar-refractivity contribution in [3.8, 4) is 11.1 Å². The van der Waals surface area contributed by atoms with E-state index in [9.17, 15) is 5.11 Å². The summed E-state index contributed by atoms with van der Waals surface area (Å²) in [6, 6.07) is 18.7. The number of anilines is 2. The molecular weight excluding hydrogens is 400 g/mol. The van der Waals surface area contributed by atoms with Crippen LogP contribution in [-0.4, -0.2) is 37.3 Å². The molecule has 0 spiro atoms. The van der Waals surface area contributed by atoms with Crippen molar-refractivity contribution < 1.29 is 5.11 Å². The number of fused-ring (bicyclic) bond motifs is 1. The molecule has 166 valence electrons.